The van der Waals surface area contributed by atoms with Gasteiger partial charge in [0.2, 0.25) is 0 Å². The second kappa shape index (κ2) is 13.0. The predicted octanol–water partition coefficient (Wildman–Crippen LogP) is 5.83. The Balaban J connectivity index is 1.38. The lowest BCUT2D eigenvalue weighted by Crippen LogP contribution is -2.32. The van der Waals surface area contributed by atoms with Crippen molar-refractivity contribution in [3.05, 3.63) is 88.3 Å². The molecule has 0 saturated carbocycles. The van der Waals surface area contributed by atoms with Crippen LogP contribution in [0, 0.1) is 13.8 Å². The molecule has 1 saturated heterocycles. The van der Waals surface area contributed by atoms with Crippen LogP contribution in [0.2, 0.25) is 0 Å². The molecule has 1 fully saturated rings. The number of benzene rings is 3. The van der Waals surface area contributed by atoms with Crippen molar-refractivity contribution in [1.82, 2.24) is 4.90 Å². The fourth-order valence-corrected chi connectivity index (χ4v) is 4.64. The quantitative estimate of drug-likeness (QED) is 0.302. The van der Waals surface area contributed by atoms with E-state index in [-0.39, 0.29) is 36.8 Å². The minimum Gasteiger partial charge on any atom is -0.492 e. The van der Waals surface area contributed by atoms with Crippen molar-refractivity contribution < 1.29 is 28.6 Å². The summed E-state index contributed by atoms with van der Waals surface area (Å²) in [4.78, 5) is 39.2. The average Bonchev–Trinajstić information content (AvgIpc) is 3.18. The summed E-state index contributed by atoms with van der Waals surface area (Å²) in [6, 6.07) is 20.1. The van der Waals surface area contributed by atoms with Gasteiger partial charge in [0, 0.05) is 5.69 Å². The molecule has 3 amide bonds. The number of carbonyl (C=O) groups is 3. The molecule has 9 heteroatoms. The van der Waals surface area contributed by atoms with E-state index in [1.807, 2.05) is 69.3 Å². The van der Waals surface area contributed by atoms with Gasteiger partial charge >= 0.3 is 0 Å². The smallest absolute Gasteiger partial charge is 0.293 e. The number of para-hydroxylation sites is 1. The van der Waals surface area contributed by atoms with E-state index >= 15 is 0 Å². The van der Waals surface area contributed by atoms with Crippen LogP contribution < -0.4 is 19.5 Å². The highest BCUT2D eigenvalue weighted by atomic mass is 32.2. The first-order valence-electron chi connectivity index (χ1n) is 12.5. The first-order valence-corrected chi connectivity index (χ1v) is 13.4. The van der Waals surface area contributed by atoms with E-state index in [9.17, 15) is 14.4 Å². The van der Waals surface area contributed by atoms with Crippen LogP contribution >= 0.6 is 11.8 Å². The number of amides is 3. The monoisotopic (exact) mass is 546 g/mol. The summed E-state index contributed by atoms with van der Waals surface area (Å²) in [7, 11) is 0. The maximum absolute atomic E-state index is 12.9. The highest BCUT2D eigenvalue weighted by Crippen LogP contribution is 2.34. The lowest BCUT2D eigenvalue weighted by atomic mass is 10.1. The van der Waals surface area contributed by atoms with Crippen LogP contribution in [0.25, 0.3) is 6.08 Å². The van der Waals surface area contributed by atoms with Gasteiger partial charge in [0.1, 0.15) is 12.4 Å². The van der Waals surface area contributed by atoms with E-state index < -0.39 is 0 Å². The number of aryl methyl sites for hydroxylation is 2. The van der Waals surface area contributed by atoms with Crippen molar-refractivity contribution in [3.8, 4) is 17.2 Å². The van der Waals surface area contributed by atoms with Gasteiger partial charge in [-0.1, -0.05) is 30.3 Å². The topological polar surface area (TPSA) is 94.2 Å². The van der Waals surface area contributed by atoms with Crippen molar-refractivity contribution in [2.24, 2.45) is 0 Å². The van der Waals surface area contributed by atoms with Gasteiger partial charge in [0.15, 0.2) is 18.1 Å². The van der Waals surface area contributed by atoms with Gasteiger partial charge in [0.05, 0.1) is 18.1 Å². The molecular weight excluding hydrogens is 516 g/mol. The van der Waals surface area contributed by atoms with Crippen molar-refractivity contribution >= 4 is 40.6 Å². The highest BCUT2D eigenvalue weighted by Gasteiger charge is 2.34. The first-order chi connectivity index (χ1) is 18.8. The molecule has 0 spiro atoms. The Hall–Kier alpha value is -4.24. The van der Waals surface area contributed by atoms with E-state index in [4.69, 9.17) is 14.2 Å². The molecule has 0 unspecified atom stereocenters. The van der Waals surface area contributed by atoms with Crippen LogP contribution in [-0.2, 0) is 9.59 Å². The zero-order chi connectivity index (χ0) is 27.8. The Morgan fingerprint density at radius 1 is 0.923 bits per heavy atom. The van der Waals surface area contributed by atoms with Crippen molar-refractivity contribution in [2.75, 3.05) is 31.7 Å². The molecule has 3 aromatic rings. The normalized spacial score (nSPS) is 14.0. The first kappa shape index (κ1) is 27.8. The SMILES string of the molecule is CCOc1cc(/C=C2\SC(=O)N(CCOc3ccccc3)C2=O)ccc1OCC(=O)Nc1ccc(C)c(C)c1. The molecule has 1 aliphatic heterocycles. The molecule has 39 heavy (non-hydrogen) atoms. The minimum absolute atomic E-state index is 0.151. The maximum atomic E-state index is 12.9. The molecule has 0 aliphatic carbocycles. The van der Waals surface area contributed by atoms with Gasteiger partial charge in [-0.25, -0.2) is 0 Å². The van der Waals surface area contributed by atoms with Gasteiger partial charge in [0.25, 0.3) is 17.1 Å². The Kier molecular flexibility index (Phi) is 9.27. The molecule has 0 radical (unpaired) electrons. The molecule has 1 heterocycles. The molecule has 0 aromatic heterocycles. The van der Waals surface area contributed by atoms with Crippen LogP contribution in [0.4, 0.5) is 10.5 Å². The van der Waals surface area contributed by atoms with Crippen LogP contribution in [0.5, 0.6) is 17.2 Å². The van der Waals surface area contributed by atoms with E-state index in [1.165, 1.54) is 4.90 Å². The molecule has 1 aliphatic rings. The third-order valence-corrected chi connectivity index (χ3v) is 6.82. The molecule has 8 nitrogen and oxygen atoms in total. The number of rotatable bonds is 11. The molecule has 4 rings (SSSR count). The van der Waals surface area contributed by atoms with Crippen LogP contribution in [-0.4, -0.2) is 48.3 Å². The lowest BCUT2D eigenvalue weighted by Gasteiger charge is -2.14. The van der Waals surface area contributed by atoms with E-state index in [1.54, 1.807) is 24.3 Å². The predicted molar refractivity (Wildman–Crippen MR) is 152 cm³/mol. The molecule has 3 aromatic carbocycles. The van der Waals surface area contributed by atoms with Crippen LogP contribution in [0.3, 0.4) is 0 Å². The minimum atomic E-state index is -0.372. The van der Waals surface area contributed by atoms with E-state index in [2.05, 4.69) is 5.32 Å². The number of hydrogen-bond donors (Lipinski definition) is 1. The van der Waals surface area contributed by atoms with Gasteiger partial charge in [-0.3, -0.25) is 19.3 Å². The van der Waals surface area contributed by atoms with Crippen molar-refractivity contribution in [3.63, 3.8) is 0 Å². The fourth-order valence-electron chi connectivity index (χ4n) is 3.78. The third-order valence-electron chi connectivity index (χ3n) is 5.92. The summed E-state index contributed by atoms with van der Waals surface area (Å²) in [5.74, 6) is 0.835. The Bertz CT molecular complexity index is 1390. The number of nitrogens with one attached hydrogen (secondary N) is 1. The van der Waals surface area contributed by atoms with Crippen LogP contribution in [0.15, 0.2) is 71.6 Å². The fraction of sp³-hybridized carbons (Fsp3) is 0.233. The second-order valence-electron chi connectivity index (χ2n) is 8.77. The van der Waals surface area contributed by atoms with Crippen LogP contribution in [0.1, 0.15) is 23.6 Å². The van der Waals surface area contributed by atoms with Gasteiger partial charge in [-0.05, 0) is 91.7 Å². The Labute approximate surface area is 231 Å². The van der Waals surface area contributed by atoms with E-state index in [0.717, 1.165) is 22.9 Å². The largest absolute Gasteiger partial charge is 0.492 e. The summed E-state index contributed by atoms with van der Waals surface area (Å²) >= 11 is 0.881. The standard InChI is InChI=1S/C30H30N2O6S/c1-4-36-26-17-22(11-13-25(26)38-19-28(33)31-23-12-10-20(2)21(3)16-23)18-27-29(34)32(30(35)39-27)14-15-37-24-8-6-5-7-9-24/h5-13,16-18H,4,14-15,19H2,1-3H3,(H,31,33)/b27-18-. The van der Waals surface area contributed by atoms with E-state index in [0.29, 0.717) is 40.0 Å². The number of thioether (sulfide) groups is 1. The summed E-state index contributed by atoms with van der Waals surface area (Å²) < 4.78 is 17.1. The second-order valence-corrected chi connectivity index (χ2v) is 9.76. The number of nitrogens with zero attached hydrogens (tertiary/aromatic N) is 1. The highest BCUT2D eigenvalue weighted by molar-refractivity contribution is 8.18. The van der Waals surface area contributed by atoms with Crippen molar-refractivity contribution in [2.45, 2.75) is 20.8 Å². The Morgan fingerprint density at radius 2 is 1.72 bits per heavy atom. The zero-order valence-electron chi connectivity index (χ0n) is 22.1. The molecule has 0 bridgehead atoms. The molecule has 202 valence electrons. The third kappa shape index (κ3) is 7.42. The number of imide groups is 1. The Morgan fingerprint density at radius 3 is 2.46 bits per heavy atom. The lowest BCUT2D eigenvalue weighted by molar-refractivity contribution is -0.123. The van der Waals surface area contributed by atoms with Gasteiger partial charge in [-0.15, -0.1) is 0 Å². The summed E-state index contributed by atoms with van der Waals surface area (Å²) in [5, 5.41) is 2.48. The molecular formula is C30H30N2O6S. The zero-order valence-corrected chi connectivity index (χ0v) is 22.9. The number of hydrogen-bond acceptors (Lipinski definition) is 7. The maximum Gasteiger partial charge on any atom is 0.293 e. The number of ether oxygens (including phenoxy) is 3. The molecule has 1 N–H and O–H groups in total. The number of carbonyl (C=O) groups excluding carboxylic acids is 3. The van der Waals surface area contributed by atoms with Crippen molar-refractivity contribution in [1.29, 1.82) is 0 Å². The number of anilines is 1. The van der Waals surface area contributed by atoms with Gasteiger partial charge in [-0.2, -0.15) is 0 Å². The average molecular weight is 547 g/mol. The summed E-state index contributed by atoms with van der Waals surface area (Å²) in [6.45, 7) is 6.37. The summed E-state index contributed by atoms with van der Waals surface area (Å²) in [6.07, 6.45) is 1.64. The van der Waals surface area contributed by atoms with Gasteiger partial charge < -0.3 is 19.5 Å². The summed E-state index contributed by atoms with van der Waals surface area (Å²) in [5.41, 5.74) is 3.60. The molecule has 0 atom stereocenters.